The topological polar surface area (TPSA) is 102 Å². The Morgan fingerprint density at radius 2 is 1.62 bits per heavy atom. The summed E-state index contributed by atoms with van der Waals surface area (Å²) in [6, 6.07) is -0.145. The molecule has 9 nitrogen and oxygen atoms in total. The molecule has 3 aliphatic heterocycles. The average molecular weight is 409 g/mol. The van der Waals surface area contributed by atoms with Crippen LogP contribution in [0.4, 0.5) is 4.79 Å². The predicted molar refractivity (Wildman–Crippen MR) is 110 cm³/mol. The molecule has 3 N–H and O–H groups in total. The lowest BCUT2D eigenvalue weighted by Gasteiger charge is -2.43. The first-order valence-corrected chi connectivity index (χ1v) is 11.0. The number of likely N-dealkylation sites (tertiary alicyclic amines) is 2. The molecule has 1 atom stereocenters. The summed E-state index contributed by atoms with van der Waals surface area (Å²) in [5.41, 5.74) is 5.03. The van der Waals surface area contributed by atoms with Gasteiger partial charge in [0.1, 0.15) is 0 Å². The molecular formula is C20H36N6O3. The monoisotopic (exact) mass is 408 g/mol. The van der Waals surface area contributed by atoms with Gasteiger partial charge in [-0.15, -0.1) is 0 Å². The summed E-state index contributed by atoms with van der Waals surface area (Å²) in [6.45, 7) is 7.29. The van der Waals surface area contributed by atoms with E-state index >= 15 is 0 Å². The quantitative estimate of drug-likeness (QED) is 0.640. The number of amides is 4. The number of piperidine rings is 2. The number of urea groups is 1. The molecule has 29 heavy (non-hydrogen) atoms. The Kier molecular flexibility index (Phi) is 7.71. The van der Waals surface area contributed by atoms with E-state index in [2.05, 4.69) is 27.1 Å². The van der Waals surface area contributed by atoms with Crippen molar-refractivity contribution in [3.63, 3.8) is 0 Å². The maximum atomic E-state index is 13.0. The summed E-state index contributed by atoms with van der Waals surface area (Å²) in [6.07, 6.45) is 4.25. The Bertz CT molecular complexity index is 585. The van der Waals surface area contributed by atoms with E-state index in [1.807, 2.05) is 4.90 Å². The van der Waals surface area contributed by atoms with Crippen molar-refractivity contribution in [1.82, 2.24) is 24.9 Å². The molecule has 0 aromatic heterocycles. The molecular weight excluding hydrogens is 372 g/mol. The molecule has 9 heteroatoms. The van der Waals surface area contributed by atoms with Crippen molar-refractivity contribution in [1.29, 1.82) is 0 Å². The Morgan fingerprint density at radius 1 is 0.931 bits per heavy atom. The van der Waals surface area contributed by atoms with Gasteiger partial charge in [-0.1, -0.05) is 0 Å². The van der Waals surface area contributed by atoms with Crippen molar-refractivity contribution < 1.29 is 14.4 Å². The smallest absolute Gasteiger partial charge is 0.312 e. The number of primary amides is 1. The minimum Gasteiger partial charge on any atom is -0.352 e. The van der Waals surface area contributed by atoms with Gasteiger partial charge in [0.2, 0.25) is 11.8 Å². The molecule has 3 rings (SSSR count). The van der Waals surface area contributed by atoms with Gasteiger partial charge < -0.3 is 25.8 Å². The van der Waals surface area contributed by atoms with Gasteiger partial charge >= 0.3 is 6.03 Å². The molecule has 3 saturated heterocycles. The van der Waals surface area contributed by atoms with E-state index < -0.39 is 6.03 Å². The highest BCUT2D eigenvalue weighted by atomic mass is 16.2. The van der Waals surface area contributed by atoms with Crippen molar-refractivity contribution >= 4 is 17.8 Å². The molecule has 0 aromatic rings. The van der Waals surface area contributed by atoms with Gasteiger partial charge in [0.05, 0.1) is 5.92 Å². The zero-order valence-electron chi connectivity index (χ0n) is 17.6. The number of nitrogens with zero attached hydrogens (tertiary/aromatic N) is 4. The lowest BCUT2D eigenvalue weighted by molar-refractivity contribution is -0.139. The van der Waals surface area contributed by atoms with E-state index in [1.54, 1.807) is 0 Å². The molecule has 0 radical (unpaired) electrons. The highest BCUT2D eigenvalue weighted by Crippen LogP contribution is 2.25. The van der Waals surface area contributed by atoms with Crippen molar-refractivity contribution in [3.05, 3.63) is 0 Å². The molecule has 0 saturated carbocycles. The number of hydrogen-bond acceptors (Lipinski definition) is 5. The van der Waals surface area contributed by atoms with Crippen LogP contribution in [0.2, 0.25) is 0 Å². The van der Waals surface area contributed by atoms with Gasteiger partial charge in [-0.3, -0.25) is 14.5 Å². The summed E-state index contributed by atoms with van der Waals surface area (Å²) < 4.78 is 0. The number of hydrogen-bond donors (Lipinski definition) is 2. The lowest BCUT2D eigenvalue weighted by Crippen LogP contribution is -2.54. The fourth-order valence-electron chi connectivity index (χ4n) is 4.76. The van der Waals surface area contributed by atoms with Crippen LogP contribution in [0.25, 0.3) is 0 Å². The second kappa shape index (κ2) is 10.2. The van der Waals surface area contributed by atoms with Crippen molar-refractivity contribution in [2.75, 3.05) is 66.0 Å². The highest BCUT2D eigenvalue weighted by Gasteiger charge is 2.34. The number of piperazine rings is 1. The van der Waals surface area contributed by atoms with Gasteiger partial charge in [0.25, 0.3) is 0 Å². The second-order valence-electron chi connectivity index (χ2n) is 8.62. The number of rotatable bonds is 5. The van der Waals surface area contributed by atoms with Crippen LogP contribution in [0.15, 0.2) is 0 Å². The maximum absolute atomic E-state index is 13.0. The van der Waals surface area contributed by atoms with E-state index in [1.165, 1.54) is 0 Å². The minimum absolute atomic E-state index is 0.0685. The normalized spacial score (nSPS) is 25.1. The number of nitrogens with two attached hydrogens (primary N) is 1. The van der Waals surface area contributed by atoms with Crippen LogP contribution in [0, 0.1) is 5.92 Å². The molecule has 0 unspecified atom stereocenters. The number of likely N-dealkylation sites (N-methyl/N-ethyl adjacent to an activating group) is 1. The number of nitrogens with one attached hydrogen (secondary N) is 1. The highest BCUT2D eigenvalue weighted by molar-refractivity contribution is 5.79. The standard InChI is InChI=1S/C20H36N6O3/c1-23-11-13-25(14-12-23)19(28)16-3-2-8-26(15-16)17-5-9-24(10-6-17)18(27)4-7-22-20(21)29/h16-17H,2-15H2,1H3,(H3,21,22,29)/t16-/m0/s1. The van der Waals surface area contributed by atoms with Crippen molar-refractivity contribution in [3.8, 4) is 0 Å². The third kappa shape index (κ3) is 6.05. The summed E-state index contributed by atoms with van der Waals surface area (Å²) in [4.78, 5) is 44.6. The van der Waals surface area contributed by atoms with Gasteiger partial charge in [-0.2, -0.15) is 0 Å². The Balaban J connectivity index is 1.43. The third-order valence-corrected chi connectivity index (χ3v) is 6.59. The fourth-order valence-corrected chi connectivity index (χ4v) is 4.76. The zero-order valence-corrected chi connectivity index (χ0v) is 17.6. The molecule has 164 valence electrons. The second-order valence-corrected chi connectivity index (χ2v) is 8.62. The molecule has 0 aliphatic carbocycles. The van der Waals surface area contributed by atoms with Gasteiger partial charge in [-0.05, 0) is 39.3 Å². The summed E-state index contributed by atoms with van der Waals surface area (Å²) >= 11 is 0. The van der Waals surface area contributed by atoms with E-state index in [9.17, 15) is 14.4 Å². The van der Waals surface area contributed by atoms with Gasteiger partial charge in [0, 0.05) is 64.8 Å². The van der Waals surface area contributed by atoms with Gasteiger partial charge in [0.15, 0.2) is 0 Å². The molecule has 0 aromatic carbocycles. The Morgan fingerprint density at radius 3 is 2.28 bits per heavy atom. The van der Waals surface area contributed by atoms with Crippen LogP contribution < -0.4 is 11.1 Å². The predicted octanol–water partition coefficient (Wildman–Crippen LogP) is -0.478. The van der Waals surface area contributed by atoms with Crippen LogP contribution in [0.1, 0.15) is 32.1 Å². The van der Waals surface area contributed by atoms with Crippen LogP contribution in [-0.2, 0) is 9.59 Å². The first-order chi connectivity index (χ1) is 13.9. The summed E-state index contributed by atoms with van der Waals surface area (Å²) in [5, 5.41) is 2.47. The van der Waals surface area contributed by atoms with E-state index in [0.29, 0.717) is 18.4 Å². The number of carbonyl (C=O) groups excluding carboxylic acids is 3. The van der Waals surface area contributed by atoms with Crippen LogP contribution in [0.3, 0.4) is 0 Å². The number of carbonyl (C=O) groups is 3. The van der Waals surface area contributed by atoms with Crippen LogP contribution in [0.5, 0.6) is 0 Å². The Hall–Kier alpha value is -1.87. The van der Waals surface area contributed by atoms with Crippen LogP contribution >= 0.6 is 0 Å². The average Bonchev–Trinajstić information content (AvgIpc) is 2.73. The lowest BCUT2D eigenvalue weighted by atomic mass is 9.92. The van der Waals surface area contributed by atoms with Crippen molar-refractivity contribution in [2.24, 2.45) is 11.7 Å². The SMILES string of the molecule is CN1CCN(C(=O)[C@H]2CCCN(C3CCN(C(=O)CCNC(N)=O)CC3)C2)CC1. The maximum Gasteiger partial charge on any atom is 0.312 e. The first kappa shape index (κ1) is 21.8. The van der Waals surface area contributed by atoms with Crippen LogP contribution in [-0.4, -0.2) is 109 Å². The van der Waals surface area contributed by atoms with E-state index in [4.69, 9.17) is 5.73 Å². The zero-order chi connectivity index (χ0) is 20.8. The molecule has 0 bridgehead atoms. The summed E-state index contributed by atoms with van der Waals surface area (Å²) in [7, 11) is 2.11. The molecule has 4 amide bonds. The first-order valence-electron chi connectivity index (χ1n) is 11.0. The Labute approximate surface area is 173 Å². The molecule has 3 heterocycles. The summed E-state index contributed by atoms with van der Waals surface area (Å²) in [5.74, 6) is 0.517. The molecule has 3 fully saturated rings. The molecule has 3 aliphatic rings. The van der Waals surface area contributed by atoms with E-state index in [-0.39, 0.29) is 18.4 Å². The largest absolute Gasteiger partial charge is 0.352 e. The fraction of sp³-hybridized carbons (Fsp3) is 0.850. The minimum atomic E-state index is -0.595. The van der Waals surface area contributed by atoms with Gasteiger partial charge in [-0.25, -0.2) is 4.79 Å². The van der Waals surface area contributed by atoms with E-state index in [0.717, 1.165) is 78.0 Å². The molecule has 0 spiro atoms. The third-order valence-electron chi connectivity index (χ3n) is 6.59. The van der Waals surface area contributed by atoms with Crippen molar-refractivity contribution in [2.45, 2.75) is 38.1 Å².